The third-order valence-electron chi connectivity index (χ3n) is 4.14. The van der Waals surface area contributed by atoms with E-state index >= 15 is 0 Å². The summed E-state index contributed by atoms with van der Waals surface area (Å²) in [6.45, 7) is 3.33. The summed E-state index contributed by atoms with van der Waals surface area (Å²) in [6, 6.07) is 9.00. The molecule has 0 radical (unpaired) electrons. The maximum Gasteiger partial charge on any atom is 0.251 e. The highest BCUT2D eigenvalue weighted by Gasteiger charge is 2.15. The van der Waals surface area contributed by atoms with Crippen molar-refractivity contribution in [3.8, 4) is 17.3 Å². The third kappa shape index (κ3) is 3.23. The van der Waals surface area contributed by atoms with Gasteiger partial charge in [-0.05, 0) is 42.8 Å². The summed E-state index contributed by atoms with van der Waals surface area (Å²) in [7, 11) is 0. The van der Waals surface area contributed by atoms with Gasteiger partial charge < -0.3 is 14.8 Å². The zero-order chi connectivity index (χ0) is 17.9. The number of amides is 1. The topological polar surface area (TPSA) is 78.3 Å². The van der Waals surface area contributed by atoms with E-state index in [-0.39, 0.29) is 5.91 Å². The van der Waals surface area contributed by atoms with Gasteiger partial charge in [0, 0.05) is 30.7 Å². The first-order chi connectivity index (χ1) is 12.7. The fraction of sp³-hybridized carbons (Fsp3) is 0.211. The van der Waals surface area contributed by atoms with Crippen molar-refractivity contribution < 1.29 is 14.3 Å². The Morgan fingerprint density at radius 3 is 2.77 bits per heavy atom. The van der Waals surface area contributed by atoms with Gasteiger partial charge in [-0.1, -0.05) is 0 Å². The number of hydrogen-bond acceptors (Lipinski definition) is 5. The van der Waals surface area contributed by atoms with Crippen LogP contribution in [0.1, 0.15) is 21.7 Å². The summed E-state index contributed by atoms with van der Waals surface area (Å²) in [5.41, 5.74) is 1.49. The van der Waals surface area contributed by atoms with Crippen molar-refractivity contribution in [2.45, 2.75) is 13.5 Å². The van der Waals surface area contributed by atoms with Crippen LogP contribution >= 0.6 is 0 Å². The maximum atomic E-state index is 12.4. The quantitative estimate of drug-likeness (QED) is 0.781. The molecule has 3 heterocycles. The minimum Gasteiger partial charge on any atom is -0.486 e. The Kier molecular flexibility index (Phi) is 4.27. The van der Waals surface area contributed by atoms with Crippen molar-refractivity contribution >= 4 is 5.91 Å². The molecule has 0 aliphatic carbocycles. The number of rotatable bonds is 4. The second kappa shape index (κ2) is 6.87. The monoisotopic (exact) mass is 350 g/mol. The summed E-state index contributed by atoms with van der Waals surface area (Å²) < 4.78 is 12.9. The van der Waals surface area contributed by atoms with Crippen molar-refractivity contribution in [2.24, 2.45) is 0 Å². The fourth-order valence-corrected chi connectivity index (χ4v) is 2.79. The van der Waals surface area contributed by atoms with Gasteiger partial charge in [-0.2, -0.15) is 0 Å². The lowest BCUT2D eigenvalue weighted by molar-refractivity contribution is 0.0949. The molecule has 0 atom stereocenters. The Morgan fingerprint density at radius 1 is 1.12 bits per heavy atom. The first-order valence-electron chi connectivity index (χ1n) is 8.34. The molecule has 1 aliphatic rings. The molecule has 7 nitrogen and oxygen atoms in total. The molecule has 1 aliphatic heterocycles. The molecule has 2 aromatic heterocycles. The zero-order valence-corrected chi connectivity index (χ0v) is 14.3. The molecule has 1 N–H and O–H groups in total. The van der Waals surface area contributed by atoms with Crippen LogP contribution < -0.4 is 14.8 Å². The van der Waals surface area contributed by atoms with E-state index in [2.05, 4.69) is 15.3 Å². The summed E-state index contributed by atoms with van der Waals surface area (Å²) in [4.78, 5) is 21.0. The van der Waals surface area contributed by atoms with Crippen molar-refractivity contribution in [3.63, 3.8) is 0 Å². The largest absolute Gasteiger partial charge is 0.486 e. The van der Waals surface area contributed by atoms with Crippen molar-refractivity contribution in [3.05, 3.63) is 65.9 Å². The molecule has 26 heavy (non-hydrogen) atoms. The number of ether oxygens (including phenoxy) is 2. The van der Waals surface area contributed by atoms with E-state index < -0.39 is 0 Å². The van der Waals surface area contributed by atoms with Crippen LogP contribution in [-0.4, -0.2) is 33.7 Å². The molecule has 1 amide bonds. The average Bonchev–Trinajstić information content (AvgIpc) is 3.12. The van der Waals surface area contributed by atoms with Gasteiger partial charge in [0.05, 0.1) is 0 Å². The normalized spacial score (nSPS) is 12.7. The Bertz CT molecular complexity index is 951. The fourth-order valence-electron chi connectivity index (χ4n) is 2.79. The van der Waals surface area contributed by atoms with E-state index in [0.717, 1.165) is 17.2 Å². The number of carbonyl (C=O) groups is 1. The highest BCUT2D eigenvalue weighted by Crippen LogP contribution is 2.30. The average molecular weight is 350 g/mol. The van der Waals surface area contributed by atoms with Crippen LogP contribution in [0.3, 0.4) is 0 Å². The van der Waals surface area contributed by atoms with E-state index in [0.29, 0.717) is 36.8 Å². The maximum absolute atomic E-state index is 12.4. The van der Waals surface area contributed by atoms with E-state index in [4.69, 9.17) is 9.47 Å². The van der Waals surface area contributed by atoms with E-state index in [1.165, 1.54) is 0 Å². The number of imidazole rings is 1. The van der Waals surface area contributed by atoms with E-state index in [1.807, 2.05) is 29.8 Å². The van der Waals surface area contributed by atoms with Gasteiger partial charge in [-0.25, -0.2) is 9.97 Å². The lowest BCUT2D eigenvalue weighted by Gasteiger charge is -2.18. The Hall–Kier alpha value is -3.35. The van der Waals surface area contributed by atoms with Crippen LogP contribution in [0.25, 0.3) is 5.82 Å². The number of nitrogens with one attached hydrogen (secondary N) is 1. The Labute approximate surface area is 150 Å². The molecule has 0 bridgehead atoms. The number of aryl methyl sites for hydroxylation is 1. The van der Waals surface area contributed by atoms with Gasteiger partial charge in [0.1, 0.15) is 24.9 Å². The number of aromatic nitrogens is 3. The van der Waals surface area contributed by atoms with Gasteiger partial charge >= 0.3 is 0 Å². The predicted molar refractivity (Wildman–Crippen MR) is 94.7 cm³/mol. The van der Waals surface area contributed by atoms with Gasteiger partial charge in [0.2, 0.25) is 0 Å². The number of pyridine rings is 1. The summed E-state index contributed by atoms with van der Waals surface area (Å²) in [6.07, 6.45) is 5.31. The third-order valence-corrected chi connectivity index (χ3v) is 4.14. The summed E-state index contributed by atoms with van der Waals surface area (Å²) >= 11 is 0. The molecule has 0 spiro atoms. The molecule has 7 heteroatoms. The molecule has 1 aromatic carbocycles. The number of carbonyl (C=O) groups excluding carboxylic acids is 1. The predicted octanol–water partition coefficient (Wildman–Crippen LogP) is 2.28. The first kappa shape index (κ1) is 16.1. The molecule has 0 saturated carbocycles. The first-order valence-corrected chi connectivity index (χ1v) is 8.34. The molecule has 0 fully saturated rings. The Morgan fingerprint density at radius 2 is 1.96 bits per heavy atom. The summed E-state index contributed by atoms with van der Waals surface area (Å²) in [5.74, 6) is 2.73. The standard InChI is InChI=1S/C19H18N4O3/c1-13-20-6-7-23(13)18-10-14(4-5-21-18)12-22-19(24)15-2-3-16-17(11-15)26-9-8-25-16/h2-7,10-11H,8-9,12H2,1H3,(H,22,24). The van der Waals surface area contributed by atoms with Crippen LogP contribution in [0.4, 0.5) is 0 Å². The van der Waals surface area contributed by atoms with Gasteiger partial charge in [0.15, 0.2) is 11.5 Å². The van der Waals surface area contributed by atoms with E-state index in [1.54, 1.807) is 30.6 Å². The van der Waals surface area contributed by atoms with Crippen molar-refractivity contribution in [2.75, 3.05) is 13.2 Å². The van der Waals surface area contributed by atoms with Gasteiger partial charge in [0.25, 0.3) is 5.91 Å². The minimum absolute atomic E-state index is 0.167. The molecule has 3 aromatic rings. The number of hydrogen-bond donors (Lipinski definition) is 1. The molecular weight excluding hydrogens is 332 g/mol. The highest BCUT2D eigenvalue weighted by atomic mass is 16.6. The number of nitrogens with zero attached hydrogens (tertiary/aromatic N) is 3. The molecule has 0 saturated heterocycles. The molecule has 0 unspecified atom stereocenters. The van der Waals surface area contributed by atoms with E-state index in [9.17, 15) is 4.79 Å². The minimum atomic E-state index is -0.167. The van der Waals surface area contributed by atoms with Crippen LogP contribution in [-0.2, 0) is 6.54 Å². The SMILES string of the molecule is Cc1nccn1-c1cc(CNC(=O)c2ccc3c(c2)OCCO3)ccn1. The van der Waals surface area contributed by atoms with Gasteiger partial charge in [-0.3, -0.25) is 9.36 Å². The number of fused-ring (bicyclic) bond motifs is 1. The van der Waals surface area contributed by atoms with Crippen LogP contribution in [0.2, 0.25) is 0 Å². The smallest absolute Gasteiger partial charge is 0.251 e. The van der Waals surface area contributed by atoms with Gasteiger partial charge in [-0.15, -0.1) is 0 Å². The highest BCUT2D eigenvalue weighted by molar-refractivity contribution is 5.94. The Balaban J connectivity index is 1.46. The number of benzene rings is 1. The van der Waals surface area contributed by atoms with Crippen LogP contribution in [0.5, 0.6) is 11.5 Å². The molecule has 132 valence electrons. The summed E-state index contributed by atoms with van der Waals surface area (Å²) in [5, 5.41) is 2.92. The van der Waals surface area contributed by atoms with Crippen molar-refractivity contribution in [1.82, 2.24) is 19.9 Å². The lowest BCUT2D eigenvalue weighted by Crippen LogP contribution is -2.23. The second-order valence-electron chi connectivity index (χ2n) is 5.91. The van der Waals surface area contributed by atoms with Crippen LogP contribution in [0, 0.1) is 6.92 Å². The molecular formula is C19H18N4O3. The van der Waals surface area contributed by atoms with Crippen LogP contribution in [0.15, 0.2) is 48.9 Å². The molecule has 4 rings (SSSR count). The zero-order valence-electron chi connectivity index (χ0n) is 14.3. The lowest BCUT2D eigenvalue weighted by atomic mass is 10.1. The second-order valence-corrected chi connectivity index (χ2v) is 5.91. The van der Waals surface area contributed by atoms with Crippen molar-refractivity contribution in [1.29, 1.82) is 0 Å².